The van der Waals surface area contributed by atoms with Gasteiger partial charge in [0.1, 0.15) is 6.61 Å². The standard InChI is InChI=1S/C25H26BrCl2NO4.ClH/c1-30-22-7-4-16(11-23(22)31-2)8-9-29-14-17-10-20(26)25(24(12-17)32-3)33-15-18-5-6-19(27)13-21(18)28;/h4-7,10-13,29H,8-9,14-15H2,1-3H3;1H. The number of hydrogen-bond donors (Lipinski definition) is 1. The summed E-state index contributed by atoms with van der Waals surface area (Å²) < 4.78 is 23.0. The largest absolute Gasteiger partial charge is 0.493 e. The van der Waals surface area contributed by atoms with Crippen LogP contribution in [0.4, 0.5) is 0 Å². The molecular formula is C25H27BrCl3NO4. The normalized spacial score (nSPS) is 10.4. The van der Waals surface area contributed by atoms with Gasteiger partial charge in [-0.1, -0.05) is 35.3 Å². The van der Waals surface area contributed by atoms with Crippen molar-refractivity contribution < 1.29 is 18.9 Å². The molecule has 3 rings (SSSR count). The second-order valence-corrected chi connectivity index (χ2v) is 8.95. The van der Waals surface area contributed by atoms with Crippen LogP contribution in [0.2, 0.25) is 10.0 Å². The highest BCUT2D eigenvalue weighted by Crippen LogP contribution is 2.37. The highest BCUT2D eigenvalue weighted by molar-refractivity contribution is 9.10. The zero-order valence-corrected chi connectivity index (χ0v) is 23.0. The van der Waals surface area contributed by atoms with Gasteiger partial charge in [-0.05, 0) is 76.4 Å². The Morgan fingerprint density at radius 2 is 1.53 bits per heavy atom. The van der Waals surface area contributed by atoms with Gasteiger partial charge in [0.2, 0.25) is 0 Å². The zero-order chi connectivity index (χ0) is 23.8. The maximum absolute atomic E-state index is 6.25. The van der Waals surface area contributed by atoms with Crippen molar-refractivity contribution in [1.82, 2.24) is 5.32 Å². The maximum Gasteiger partial charge on any atom is 0.175 e. The van der Waals surface area contributed by atoms with Crippen molar-refractivity contribution in [3.8, 4) is 23.0 Å². The molecule has 9 heteroatoms. The van der Waals surface area contributed by atoms with Crippen molar-refractivity contribution in [1.29, 1.82) is 0 Å². The summed E-state index contributed by atoms with van der Waals surface area (Å²) in [4.78, 5) is 0. The van der Waals surface area contributed by atoms with Gasteiger partial charge in [-0.3, -0.25) is 0 Å². The minimum absolute atomic E-state index is 0. The van der Waals surface area contributed by atoms with E-state index in [-0.39, 0.29) is 12.4 Å². The van der Waals surface area contributed by atoms with Gasteiger partial charge in [0, 0.05) is 22.2 Å². The SMILES string of the molecule is COc1ccc(CCNCc2cc(Br)c(OCc3ccc(Cl)cc3Cl)c(OC)c2)cc1OC.Cl. The molecule has 184 valence electrons. The molecule has 1 N–H and O–H groups in total. The molecule has 0 amide bonds. The van der Waals surface area contributed by atoms with Gasteiger partial charge in [-0.2, -0.15) is 0 Å². The molecule has 0 aliphatic heterocycles. The predicted octanol–water partition coefficient (Wildman–Crippen LogP) is 7.11. The van der Waals surface area contributed by atoms with Crippen LogP contribution in [-0.2, 0) is 19.6 Å². The van der Waals surface area contributed by atoms with Crippen molar-refractivity contribution in [2.75, 3.05) is 27.9 Å². The van der Waals surface area contributed by atoms with Crippen LogP contribution in [0.1, 0.15) is 16.7 Å². The molecule has 0 bridgehead atoms. The van der Waals surface area contributed by atoms with E-state index < -0.39 is 0 Å². The molecule has 5 nitrogen and oxygen atoms in total. The fraction of sp³-hybridized carbons (Fsp3) is 0.280. The lowest BCUT2D eigenvalue weighted by molar-refractivity contribution is 0.282. The second-order valence-electron chi connectivity index (χ2n) is 7.25. The average molecular weight is 592 g/mol. The molecule has 0 unspecified atom stereocenters. The molecular weight excluding hydrogens is 565 g/mol. The fourth-order valence-electron chi connectivity index (χ4n) is 3.31. The number of methoxy groups -OCH3 is 3. The molecule has 0 aliphatic carbocycles. The lowest BCUT2D eigenvalue weighted by Crippen LogP contribution is -2.17. The van der Waals surface area contributed by atoms with Gasteiger partial charge in [-0.15, -0.1) is 12.4 Å². The first-order valence-electron chi connectivity index (χ1n) is 10.3. The topological polar surface area (TPSA) is 49.0 Å². The maximum atomic E-state index is 6.25. The number of halogens is 4. The lowest BCUT2D eigenvalue weighted by Gasteiger charge is -2.15. The summed E-state index contributed by atoms with van der Waals surface area (Å²) in [5.74, 6) is 2.73. The Morgan fingerprint density at radius 1 is 0.824 bits per heavy atom. The highest BCUT2D eigenvalue weighted by Gasteiger charge is 2.13. The van der Waals surface area contributed by atoms with Gasteiger partial charge in [0.15, 0.2) is 23.0 Å². The van der Waals surface area contributed by atoms with Crippen LogP contribution >= 0.6 is 51.5 Å². The van der Waals surface area contributed by atoms with Crippen molar-refractivity contribution >= 4 is 51.5 Å². The molecule has 34 heavy (non-hydrogen) atoms. The third-order valence-electron chi connectivity index (χ3n) is 5.04. The van der Waals surface area contributed by atoms with Crippen LogP contribution in [0.5, 0.6) is 23.0 Å². The van der Waals surface area contributed by atoms with E-state index in [1.165, 1.54) is 5.56 Å². The third kappa shape index (κ3) is 7.59. The lowest BCUT2D eigenvalue weighted by atomic mass is 10.1. The smallest absolute Gasteiger partial charge is 0.175 e. The van der Waals surface area contributed by atoms with Crippen molar-refractivity contribution in [3.05, 3.63) is 79.7 Å². The number of benzene rings is 3. The molecule has 0 fully saturated rings. The summed E-state index contributed by atoms with van der Waals surface area (Å²) >= 11 is 15.8. The molecule has 0 saturated heterocycles. The van der Waals surface area contributed by atoms with Gasteiger partial charge in [-0.25, -0.2) is 0 Å². The van der Waals surface area contributed by atoms with Crippen molar-refractivity contribution in [2.24, 2.45) is 0 Å². The molecule has 0 radical (unpaired) electrons. The number of ether oxygens (including phenoxy) is 4. The number of hydrogen-bond acceptors (Lipinski definition) is 5. The minimum Gasteiger partial charge on any atom is -0.493 e. The van der Waals surface area contributed by atoms with E-state index in [0.717, 1.165) is 40.1 Å². The fourth-order valence-corrected chi connectivity index (χ4v) is 4.37. The zero-order valence-electron chi connectivity index (χ0n) is 19.1. The Morgan fingerprint density at radius 3 is 2.21 bits per heavy atom. The molecule has 0 aliphatic rings. The summed E-state index contributed by atoms with van der Waals surface area (Å²) in [6, 6.07) is 15.3. The van der Waals surface area contributed by atoms with E-state index in [0.29, 0.717) is 34.7 Å². The predicted molar refractivity (Wildman–Crippen MR) is 144 cm³/mol. The summed E-state index contributed by atoms with van der Waals surface area (Å²) in [5, 5.41) is 4.62. The van der Waals surface area contributed by atoms with Crippen LogP contribution in [-0.4, -0.2) is 27.9 Å². The molecule has 0 saturated carbocycles. The highest BCUT2D eigenvalue weighted by atomic mass is 79.9. The molecule has 3 aromatic rings. The van der Waals surface area contributed by atoms with Crippen molar-refractivity contribution in [2.45, 2.75) is 19.6 Å². The molecule has 0 aromatic heterocycles. The minimum atomic E-state index is 0. The number of nitrogens with one attached hydrogen (secondary N) is 1. The molecule has 0 spiro atoms. The second kappa shape index (κ2) is 13.9. The average Bonchev–Trinajstić information content (AvgIpc) is 2.81. The van der Waals surface area contributed by atoms with E-state index in [4.69, 9.17) is 42.1 Å². The van der Waals surface area contributed by atoms with E-state index in [1.54, 1.807) is 33.5 Å². The molecule has 0 heterocycles. The monoisotopic (exact) mass is 589 g/mol. The van der Waals surface area contributed by atoms with Crippen LogP contribution in [0, 0.1) is 0 Å². The van der Waals surface area contributed by atoms with Gasteiger partial charge < -0.3 is 24.3 Å². The van der Waals surface area contributed by atoms with E-state index >= 15 is 0 Å². The Balaban J connectivity index is 0.00000408. The van der Waals surface area contributed by atoms with Crippen LogP contribution < -0.4 is 24.3 Å². The van der Waals surface area contributed by atoms with Gasteiger partial charge in [0.25, 0.3) is 0 Å². The first-order valence-corrected chi connectivity index (χ1v) is 11.8. The summed E-state index contributed by atoms with van der Waals surface area (Å²) in [5.41, 5.74) is 3.09. The van der Waals surface area contributed by atoms with Crippen LogP contribution in [0.25, 0.3) is 0 Å². The Hall–Kier alpha value is -1.83. The van der Waals surface area contributed by atoms with E-state index in [2.05, 4.69) is 21.2 Å². The summed E-state index contributed by atoms with van der Waals surface area (Å²) in [6.45, 7) is 1.79. The van der Waals surface area contributed by atoms with Gasteiger partial charge >= 0.3 is 0 Å². The van der Waals surface area contributed by atoms with E-state index in [9.17, 15) is 0 Å². The van der Waals surface area contributed by atoms with E-state index in [1.807, 2.05) is 36.4 Å². The van der Waals surface area contributed by atoms with Crippen LogP contribution in [0.3, 0.4) is 0 Å². The number of rotatable bonds is 11. The van der Waals surface area contributed by atoms with Crippen LogP contribution in [0.15, 0.2) is 53.0 Å². The van der Waals surface area contributed by atoms with Gasteiger partial charge in [0.05, 0.1) is 25.8 Å². The summed E-state index contributed by atoms with van der Waals surface area (Å²) in [7, 11) is 4.90. The molecule has 3 aromatic carbocycles. The quantitative estimate of drug-likeness (QED) is 0.241. The molecule has 0 atom stereocenters. The Labute approximate surface area is 225 Å². The Bertz CT molecular complexity index is 1100. The Kier molecular flexibility index (Phi) is 11.6. The first kappa shape index (κ1) is 28.4. The third-order valence-corrected chi connectivity index (χ3v) is 6.22. The summed E-state index contributed by atoms with van der Waals surface area (Å²) in [6.07, 6.45) is 0.863. The first-order chi connectivity index (χ1) is 15.9. The van der Waals surface area contributed by atoms with Crippen molar-refractivity contribution in [3.63, 3.8) is 0 Å².